The molecular weight excluding hydrogens is 466 g/mol. The van der Waals surface area contributed by atoms with Crippen LogP contribution < -0.4 is 19.5 Å². The van der Waals surface area contributed by atoms with E-state index in [1.165, 1.54) is 11.3 Å². The summed E-state index contributed by atoms with van der Waals surface area (Å²) in [5.41, 5.74) is 3.34. The van der Waals surface area contributed by atoms with Crippen LogP contribution in [0.4, 0.5) is 5.00 Å². The monoisotopic (exact) mass is 497 g/mol. The summed E-state index contributed by atoms with van der Waals surface area (Å²) in [6.07, 6.45) is 0. The van der Waals surface area contributed by atoms with Crippen LogP contribution in [0.2, 0.25) is 0 Å². The third kappa shape index (κ3) is 6.14. The first-order valence-electron chi connectivity index (χ1n) is 11.7. The summed E-state index contributed by atoms with van der Waals surface area (Å²) in [6, 6.07) is 11.1. The van der Waals surface area contributed by atoms with E-state index in [9.17, 15) is 9.59 Å². The number of aryl methyl sites for hydroxylation is 1. The highest BCUT2D eigenvalue weighted by Crippen LogP contribution is 2.40. The molecule has 0 aliphatic rings. The number of anilines is 1. The number of carbonyl (C=O) groups excluding carboxylic acids is 2. The number of hydrogen-bond acceptors (Lipinski definition) is 7. The van der Waals surface area contributed by atoms with E-state index < -0.39 is 11.9 Å². The summed E-state index contributed by atoms with van der Waals surface area (Å²) < 4.78 is 22.5. The molecule has 0 radical (unpaired) electrons. The number of nitrogens with one attached hydrogen (secondary N) is 1. The Kier molecular flexibility index (Phi) is 9.14. The van der Waals surface area contributed by atoms with Gasteiger partial charge in [-0.1, -0.05) is 29.8 Å². The van der Waals surface area contributed by atoms with Gasteiger partial charge in [0.05, 0.1) is 26.4 Å². The maximum atomic E-state index is 13.3. The van der Waals surface area contributed by atoms with E-state index in [1.807, 2.05) is 57.3 Å². The van der Waals surface area contributed by atoms with Gasteiger partial charge < -0.3 is 24.3 Å². The van der Waals surface area contributed by atoms with E-state index in [-0.39, 0.29) is 6.61 Å². The minimum Gasteiger partial charge on any atom is -0.490 e. The van der Waals surface area contributed by atoms with Crippen molar-refractivity contribution in [3.63, 3.8) is 0 Å². The van der Waals surface area contributed by atoms with Gasteiger partial charge in [0.2, 0.25) is 5.75 Å². The molecule has 0 saturated carbocycles. The average molecular weight is 498 g/mol. The van der Waals surface area contributed by atoms with Crippen LogP contribution in [0.15, 0.2) is 41.8 Å². The molecule has 1 heterocycles. The summed E-state index contributed by atoms with van der Waals surface area (Å²) in [5, 5.41) is 5.14. The molecular formula is C27H31NO6S. The number of carbonyl (C=O) groups is 2. The van der Waals surface area contributed by atoms with Gasteiger partial charge in [-0.3, -0.25) is 4.79 Å². The van der Waals surface area contributed by atoms with Crippen molar-refractivity contribution < 1.29 is 28.5 Å². The quantitative estimate of drug-likeness (QED) is 0.311. The molecule has 3 rings (SSSR count). The Morgan fingerprint density at radius 2 is 1.46 bits per heavy atom. The minimum atomic E-state index is -0.490. The second kappa shape index (κ2) is 12.3. The second-order valence-electron chi connectivity index (χ2n) is 7.49. The Morgan fingerprint density at radius 1 is 0.857 bits per heavy atom. The number of benzene rings is 2. The molecule has 1 amide bonds. The summed E-state index contributed by atoms with van der Waals surface area (Å²) in [5.74, 6) is 0.400. The zero-order valence-electron chi connectivity index (χ0n) is 20.7. The van der Waals surface area contributed by atoms with Crippen molar-refractivity contribution in [3.05, 3.63) is 58.5 Å². The Balaban J connectivity index is 2.01. The van der Waals surface area contributed by atoms with E-state index >= 15 is 0 Å². The van der Waals surface area contributed by atoms with E-state index in [4.69, 9.17) is 18.9 Å². The lowest BCUT2D eigenvalue weighted by Gasteiger charge is -2.17. The molecule has 1 aromatic heterocycles. The average Bonchev–Trinajstić information content (AvgIpc) is 3.25. The Hall–Kier alpha value is -3.52. The fraction of sp³-hybridized carbons (Fsp3) is 0.333. The summed E-state index contributed by atoms with van der Waals surface area (Å²) >= 11 is 1.27. The van der Waals surface area contributed by atoms with Crippen molar-refractivity contribution in [2.24, 2.45) is 0 Å². The third-order valence-corrected chi connectivity index (χ3v) is 5.93. The highest BCUT2D eigenvalue weighted by Gasteiger charge is 2.24. The number of rotatable bonds is 11. The molecule has 1 N–H and O–H groups in total. The zero-order chi connectivity index (χ0) is 25.4. The van der Waals surface area contributed by atoms with E-state index in [1.54, 1.807) is 19.1 Å². The van der Waals surface area contributed by atoms with Gasteiger partial charge in [0.15, 0.2) is 11.5 Å². The number of amides is 1. The predicted octanol–water partition coefficient (Wildman–Crippen LogP) is 6.35. The zero-order valence-corrected chi connectivity index (χ0v) is 21.5. The standard InChI is InChI=1S/C27H31NO6S/c1-6-31-21-14-19(15-22(32-7-2)24(21)33-8-3)25(29)28-26-23(27(30)34-9-4)20(16-35-26)18-12-10-17(5)11-13-18/h10-16H,6-9H2,1-5H3,(H,28,29). The molecule has 0 spiro atoms. The highest BCUT2D eigenvalue weighted by molar-refractivity contribution is 7.15. The normalized spacial score (nSPS) is 10.5. The first kappa shape index (κ1) is 26.1. The molecule has 0 saturated heterocycles. The first-order chi connectivity index (χ1) is 16.9. The van der Waals surface area contributed by atoms with Crippen molar-refractivity contribution in [2.75, 3.05) is 31.7 Å². The third-order valence-electron chi connectivity index (χ3n) is 5.03. The van der Waals surface area contributed by atoms with Crippen LogP contribution in [0.1, 0.15) is 54.0 Å². The van der Waals surface area contributed by atoms with Crippen LogP contribution in [-0.2, 0) is 4.74 Å². The number of thiophene rings is 1. The Labute approximate surface area is 210 Å². The Bertz CT molecular complexity index is 1140. The molecule has 8 heteroatoms. The second-order valence-corrected chi connectivity index (χ2v) is 8.37. The molecule has 0 atom stereocenters. The van der Waals surface area contributed by atoms with Gasteiger partial charge in [0.25, 0.3) is 5.91 Å². The fourth-order valence-electron chi connectivity index (χ4n) is 3.50. The SMILES string of the molecule is CCOC(=O)c1c(-c2ccc(C)cc2)csc1NC(=O)c1cc(OCC)c(OCC)c(OCC)c1. The van der Waals surface area contributed by atoms with Crippen LogP contribution in [0.25, 0.3) is 11.1 Å². The molecule has 3 aromatic rings. The van der Waals surface area contributed by atoms with Gasteiger partial charge in [-0.2, -0.15) is 0 Å². The lowest BCUT2D eigenvalue weighted by atomic mass is 10.0. The van der Waals surface area contributed by atoms with E-state index in [0.29, 0.717) is 58.8 Å². The largest absolute Gasteiger partial charge is 0.490 e. The van der Waals surface area contributed by atoms with Crippen molar-refractivity contribution in [3.8, 4) is 28.4 Å². The van der Waals surface area contributed by atoms with Gasteiger partial charge in [-0.15, -0.1) is 11.3 Å². The highest BCUT2D eigenvalue weighted by atomic mass is 32.1. The van der Waals surface area contributed by atoms with Gasteiger partial charge >= 0.3 is 5.97 Å². The predicted molar refractivity (Wildman–Crippen MR) is 138 cm³/mol. The van der Waals surface area contributed by atoms with Crippen LogP contribution in [0.5, 0.6) is 17.2 Å². The number of ether oxygens (including phenoxy) is 4. The van der Waals surface area contributed by atoms with Crippen LogP contribution in [0.3, 0.4) is 0 Å². The van der Waals surface area contributed by atoms with Crippen molar-refractivity contribution in [1.29, 1.82) is 0 Å². The summed E-state index contributed by atoms with van der Waals surface area (Å²) in [4.78, 5) is 26.2. The smallest absolute Gasteiger partial charge is 0.341 e. The topological polar surface area (TPSA) is 83.1 Å². The van der Waals surface area contributed by atoms with Crippen LogP contribution in [0, 0.1) is 6.92 Å². The van der Waals surface area contributed by atoms with Gasteiger partial charge in [0.1, 0.15) is 10.6 Å². The molecule has 186 valence electrons. The van der Waals surface area contributed by atoms with Crippen molar-refractivity contribution in [1.82, 2.24) is 0 Å². The van der Waals surface area contributed by atoms with Crippen molar-refractivity contribution in [2.45, 2.75) is 34.6 Å². The van der Waals surface area contributed by atoms with Crippen LogP contribution in [-0.4, -0.2) is 38.3 Å². The first-order valence-corrected chi connectivity index (χ1v) is 12.5. The molecule has 0 unspecified atom stereocenters. The lowest BCUT2D eigenvalue weighted by molar-refractivity contribution is 0.0529. The summed E-state index contributed by atoms with van der Waals surface area (Å²) in [7, 11) is 0. The minimum absolute atomic E-state index is 0.226. The molecule has 2 aromatic carbocycles. The Morgan fingerprint density at radius 3 is 2.00 bits per heavy atom. The van der Waals surface area contributed by atoms with Gasteiger partial charge in [-0.05, 0) is 52.3 Å². The molecule has 0 aliphatic carbocycles. The van der Waals surface area contributed by atoms with E-state index in [2.05, 4.69) is 5.32 Å². The fourth-order valence-corrected chi connectivity index (χ4v) is 4.45. The van der Waals surface area contributed by atoms with Crippen LogP contribution >= 0.6 is 11.3 Å². The molecule has 0 bridgehead atoms. The molecule has 0 fully saturated rings. The maximum Gasteiger partial charge on any atom is 0.341 e. The number of esters is 1. The molecule has 0 aliphatic heterocycles. The van der Waals surface area contributed by atoms with E-state index in [0.717, 1.165) is 11.1 Å². The lowest BCUT2D eigenvalue weighted by Crippen LogP contribution is -2.15. The molecule has 7 nitrogen and oxygen atoms in total. The van der Waals surface area contributed by atoms with Gasteiger partial charge in [-0.25, -0.2) is 4.79 Å². The van der Waals surface area contributed by atoms with Crippen molar-refractivity contribution >= 4 is 28.2 Å². The van der Waals surface area contributed by atoms with Gasteiger partial charge in [0, 0.05) is 16.5 Å². The molecule has 35 heavy (non-hydrogen) atoms. The maximum absolute atomic E-state index is 13.3. The number of hydrogen-bond donors (Lipinski definition) is 1. The summed E-state index contributed by atoms with van der Waals surface area (Å²) in [6.45, 7) is 10.8.